The van der Waals surface area contributed by atoms with Crippen molar-refractivity contribution in [3.8, 4) is 5.75 Å². The van der Waals surface area contributed by atoms with Crippen LogP contribution in [0.15, 0.2) is 42.5 Å². The molecule has 0 bridgehead atoms. The van der Waals surface area contributed by atoms with E-state index in [1.54, 1.807) is 7.11 Å². The molecule has 0 aromatic heterocycles. The average molecular weight is 276 g/mol. The molecular formula is C16H18ClNO. The Labute approximate surface area is 119 Å². The molecule has 1 atom stereocenters. The smallest absolute Gasteiger partial charge is 0.142 e. The quantitative estimate of drug-likeness (QED) is 0.863. The van der Waals surface area contributed by atoms with Gasteiger partial charge >= 0.3 is 0 Å². The molecule has 2 aromatic rings. The molecule has 1 N–H and O–H groups in total. The number of rotatable bonds is 4. The van der Waals surface area contributed by atoms with Crippen LogP contribution in [-0.4, -0.2) is 7.11 Å². The summed E-state index contributed by atoms with van der Waals surface area (Å²) in [5.74, 6) is 0.862. The molecule has 100 valence electrons. The third-order valence-corrected chi connectivity index (χ3v) is 3.35. The summed E-state index contributed by atoms with van der Waals surface area (Å²) < 4.78 is 5.40. The number of halogens is 1. The highest BCUT2D eigenvalue weighted by atomic mass is 35.5. The second-order valence-electron chi connectivity index (χ2n) is 4.62. The van der Waals surface area contributed by atoms with Gasteiger partial charge < -0.3 is 10.1 Å². The fourth-order valence-corrected chi connectivity index (χ4v) is 2.11. The lowest BCUT2D eigenvalue weighted by Gasteiger charge is -2.18. The van der Waals surface area contributed by atoms with E-state index in [2.05, 4.69) is 25.2 Å². The maximum atomic E-state index is 5.90. The van der Waals surface area contributed by atoms with Crippen LogP contribution in [0, 0.1) is 6.92 Å². The number of hydrogen-bond donors (Lipinski definition) is 1. The first-order valence-corrected chi connectivity index (χ1v) is 6.64. The minimum Gasteiger partial charge on any atom is -0.495 e. The Balaban J connectivity index is 2.18. The van der Waals surface area contributed by atoms with Gasteiger partial charge in [-0.15, -0.1) is 0 Å². The molecule has 0 heterocycles. The molecule has 0 fully saturated rings. The topological polar surface area (TPSA) is 21.3 Å². The minimum absolute atomic E-state index is 0.189. The molecule has 0 saturated heterocycles. The van der Waals surface area contributed by atoms with E-state index in [0.29, 0.717) is 0 Å². The van der Waals surface area contributed by atoms with Gasteiger partial charge in [-0.3, -0.25) is 0 Å². The Kier molecular flexibility index (Phi) is 4.33. The molecule has 2 rings (SSSR count). The molecule has 19 heavy (non-hydrogen) atoms. The highest BCUT2D eigenvalue weighted by Crippen LogP contribution is 2.29. The molecule has 0 aliphatic carbocycles. The third-order valence-electron chi connectivity index (χ3n) is 3.10. The van der Waals surface area contributed by atoms with E-state index in [1.165, 1.54) is 11.1 Å². The zero-order valence-corrected chi connectivity index (χ0v) is 12.2. The van der Waals surface area contributed by atoms with Crippen LogP contribution in [-0.2, 0) is 0 Å². The van der Waals surface area contributed by atoms with E-state index in [4.69, 9.17) is 16.3 Å². The van der Waals surface area contributed by atoms with Gasteiger partial charge in [-0.2, -0.15) is 0 Å². The van der Waals surface area contributed by atoms with E-state index in [-0.39, 0.29) is 6.04 Å². The second-order valence-corrected chi connectivity index (χ2v) is 5.06. The summed E-state index contributed by atoms with van der Waals surface area (Å²) in [4.78, 5) is 0. The summed E-state index contributed by atoms with van der Waals surface area (Å²) in [6.45, 7) is 4.16. The molecule has 0 amide bonds. The molecule has 0 saturated carbocycles. The summed E-state index contributed by atoms with van der Waals surface area (Å²) in [7, 11) is 1.69. The van der Waals surface area contributed by atoms with Crippen LogP contribution in [0.3, 0.4) is 0 Å². The van der Waals surface area contributed by atoms with E-state index in [1.807, 2.05) is 36.4 Å². The first-order chi connectivity index (χ1) is 9.10. The van der Waals surface area contributed by atoms with Crippen LogP contribution < -0.4 is 10.1 Å². The number of hydrogen-bond acceptors (Lipinski definition) is 2. The third kappa shape index (κ3) is 3.42. The van der Waals surface area contributed by atoms with Crippen molar-refractivity contribution in [2.75, 3.05) is 12.4 Å². The number of nitrogens with one attached hydrogen (secondary N) is 1. The van der Waals surface area contributed by atoms with Crippen molar-refractivity contribution in [1.82, 2.24) is 0 Å². The average Bonchev–Trinajstić information content (AvgIpc) is 2.41. The van der Waals surface area contributed by atoms with Gasteiger partial charge in [-0.05, 0) is 49.2 Å². The van der Waals surface area contributed by atoms with E-state index >= 15 is 0 Å². The van der Waals surface area contributed by atoms with Gasteiger partial charge in [0.15, 0.2) is 0 Å². The number of ether oxygens (including phenoxy) is 1. The zero-order chi connectivity index (χ0) is 13.8. The SMILES string of the molecule is COc1cc(C)ccc1NC(C)c1ccc(Cl)cc1. The van der Waals surface area contributed by atoms with Gasteiger partial charge in [0.2, 0.25) is 0 Å². The van der Waals surface area contributed by atoms with Crippen LogP contribution in [0.25, 0.3) is 0 Å². The Morgan fingerprint density at radius 3 is 2.42 bits per heavy atom. The zero-order valence-electron chi connectivity index (χ0n) is 11.4. The van der Waals surface area contributed by atoms with Crippen molar-refractivity contribution in [3.63, 3.8) is 0 Å². The van der Waals surface area contributed by atoms with Crippen LogP contribution in [0.1, 0.15) is 24.1 Å². The maximum Gasteiger partial charge on any atom is 0.142 e. The molecular weight excluding hydrogens is 258 g/mol. The lowest BCUT2D eigenvalue weighted by Crippen LogP contribution is -2.07. The van der Waals surface area contributed by atoms with Crippen molar-refractivity contribution >= 4 is 17.3 Å². The Hall–Kier alpha value is -1.67. The van der Waals surface area contributed by atoms with Gasteiger partial charge in [-0.1, -0.05) is 29.8 Å². The van der Waals surface area contributed by atoms with E-state index in [9.17, 15) is 0 Å². The lowest BCUT2D eigenvalue weighted by atomic mass is 10.1. The van der Waals surface area contributed by atoms with Crippen LogP contribution >= 0.6 is 11.6 Å². The number of benzene rings is 2. The van der Waals surface area contributed by atoms with Crippen molar-refractivity contribution in [3.05, 3.63) is 58.6 Å². The number of anilines is 1. The highest BCUT2D eigenvalue weighted by molar-refractivity contribution is 6.30. The molecule has 1 unspecified atom stereocenters. The Morgan fingerprint density at radius 1 is 1.11 bits per heavy atom. The molecule has 2 nitrogen and oxygen atoms in total. The monoisotopic (exact) mass is 275 g/mol. The van der Waals surface area contributed by atoms with Crippen LogP contribution in [0.4, 0.5) is 5.69 Å². The highest BCUT2D eigenvalue weighted by Gasteiger charge is 2.09. The van der Waals surface area contributed by atoms with Gasteiger partial charge in [0.05, 0.1) is 12.8 Å². The number of methoxy groups -OCH3 is 1. The normalized spacial score (nSPS) is 12.0. The largest absolute Gasteiger partial charge is 0.495 e. The van der Waals surface area contributed by atoms with Gasteiger partial charge in [0, 0.05) is 11.1 Å². The minimum atomic E-state index is 0.189. The molecule has 3 heteroatoms. The van der Waals surface area contributed by atoms with Crippen molar-refractivity contribution in [2.24, 2.45) is 0 Å². The maximum absolute atomic E-state index is 5.90. The Bertz CT molecular complexity index is 551. The fraction of sp³-hybridized carbons (Fsp3) is 0.250. The van der Waals surface area contributed by atoms with Gasteiger partial charge in [0.1, 0.15) is 5.75 Å². The number of aryl methyl sites for hydroxylation is 1. The van der Waals surface area contributed by atoms with Crippen molar-refractivity contribution < 1.29 is 4.74 Å². The summed E-state index contributed by atoms with van der Waals surface area (Å²) in [6.07, 6.45) is 0. The van der Waals surface area contributed by atoms with Crippen molar-refractivity contribution in [2.45, 2.75) is 19.9 Å². The summed E-state index contributed by atoms with van der Waals surface area (Å²) in [5, 5.41) is 4.21. The van der Waals surface area contributed by atoms with Crippen LogP contribution in [0.5, 0.6) is 5.75 Å². The first-order valence-electron chi connectivity index (χ1n) is 6.27. The van der Waals surface area contributed by atoms with E-state index in [0.717, 1.165) is 16.5 Å². The Morgan fingerprint density at radius 2 is 1.79 bits per heavy atom. The fourth-order valence-electron chi connectivity index (χ4n) is 1.99. The summed E-state index contributed by atoms with van der Waals surface area (Å²) in [5.41, 5.74) is 3.36. The second kappa shape index (κ2) is 5.98. The predicted molar refractivity (Wildman–Crippen MR) is 81.2 cm³/mol. The molecule has 2 aromatic carbocycles. The van der Waals surface area contributed by atoms with E-state index < -0.39 is 0 Å². The molecule has 0 radical (unpaired) electrons. The summed E-state index contributed by atoms with van der Waals surface area (Å²) >= 11 is 5.90. The lowest BCUT2D eigenvalue weighted by molar-refractivity contribution is 0.416. The first kappa shape index (κ1) is 13.8. The van der Waals surface area contributed by atoms with Crippen molar-refractivity contribution in [1.29, 1.82) is 0 Å². The molecule has 0 aliphatic rings. The molecule has 0 spiro atoms. The standard InChI is InChI=1S/C16H18ClNO/c1-11-4-9-15(16(10-11)19-3)18-12(2)13-5-7-14(17)8-6-13/h4-10,12,18H,1-3H3. The van der Waals surface area contributed by atoms with Gasteiger partial charge in [0.25, 0.3) is 0 Å². The predicted octanol–water partition coefficient (Wildman–Crippen LogP) is 4.83. The molecule has 0 aliphatic heterocycles. The van der Waals surface area contributed by atoms with Crippen LogP contribution in [0.2, 0.25) is 5.02 Å². The summed E-state index contributed by atoms with van der Waals surface area (Å²) in [6, 6.07) is 14.2. The van der Waals surface area contributed by atoms with Gasteiger partial charge in [-0.25, -0.2) is 0 Å².